The van der Waals surface area contributed by atoms with Crippen LogP contribution in [0.1, 0.15) is 0 Å². The Labute approximate surface area is 80.3 Å². The van der Waals surface area contributed by atoms with E-state index in [-0.39, 0.29) is 0 Å². The molecule has 0 spiro atoms. The second-order valence-electron chi connectivity index (χ2n) is 4.62. The fraction of sp³-hybridized carbons (Fsp3) is 1.00. The average Bonchev–Trinajstić information content (AvgIpc) is 1.66. The highest BCUT2D eigenvalue weighted by Gasteiger charge is 2.55. The lowest BCUT2D eigenvalue weighted by atomic mass is 11.9. The maximum Gasteiger partial charge on any atom is 0.158 e. The van der Waals surface area contributed by atoms with Crippen LogP contribution < -0.4 is 0 Å². The van der Waals surface area contributed by atoms with Gasteiger partial charge in [0.05, 0.1) is 0 Å². The molecule has 0 nitrogen and oxygen atoms in total. The smallest absolute Gasteiger partial charge is 0.158 e. The van der Waals surface area contributed by atoms with Crippen molar-refractivity contribution in [2.75, 3.05) is 0 Å². The van der Waals surface area contributed by atoms with E-state index in [2.05, 4.69) is 60.6 Å². The van der Waals surface area contributed by atoms with Crippen LogP contribution in [0.25, 0.3) is 0 Å². The van der Waals surface area contributed by atoms with E-state index in [0.717, 1.165) is 0 Å². The van der Waals surface area contributed by atoms with Crippen LogP contribution in [0, 0.1) is 0 Å². The molecule has 1 rings (SSSR count). The first-order valence-corrected chi connectivity index (χ1v) is 18.6. The molecule has 0 bridgehead atoms. The summed E-state index contributed by atoms with van der Waals surface area (Å²) in [6.45, 7) is 13.7. The van der Waals surface area contributed by atoms with Gasteiger partial charge in [-0.1, -0.05) is 39.3 Å². The molecule has 1 aliphatic rings. The van der Waals surface area contributed by atoms with E-state index < -0.39 is 19.9 Å². The Balaban J connectivity index is 2.89. The zero-order chi connectivity index (χ0) is 8.91. The highest BCUT2D eigenvalue weighted by molar-refractivity contribution is 8.87. The van der Waals surface area contributed by atoms with Crippen molar-refractivity contribution < 1.29 is 0 Å². The lowest BCUT2D eigenvalue weighted by molar-refractivity contribution is 1.94. The Hall–Kier alpha value is 1.35. The third kappa shape index (κ3) is 1.99. The van der Waals surface area contributed by atoms with Gasteiger partial charge in [-0.15, -0.1) is 0 Å². The van der Waals surface area contributed by atoms with Crippen molar-refractivity contribution >= 4 is 41.2 Å². The second kappa shape index (κ2) is 2.67. The molecular weight excluding hydrogens is 220 g/mol. The molecule has 1 saturated heterocycles. The van der Waals surface area contributed by atoms with E-state index in [1.54, 1.807) is 0 Å². The summed E-state index contributed by atoms with van der Waals surface area (Å²) < 4.78 is 0. The molecule has 0 aliphatic carbocycles. The summed E-state index contributed by atoms with van der Waals surface area (Å²) in [7, 11) is 4.87. The van der Waals surface area contributed by atoms with Crippen LogP contribution in [0.4, 0.5) is 0 Å². The van der Waals surface area contributed by atoms with Gasteiger partial charge < -0.3 is 0 Å². The molecular formula is C6H18S2Si3. The lowest BCUT2D eigenvalue weighted by Gasteiger charge is -2.27. The molecule has 11 heavy (non-hydrogen) atoms. The first kappa shape index (κ1) is 10.4. The van der Waals surface area contributed by atoms with Gasteiger partial charge in [0.1, 0.15) is 13.5 Å². The number of hydrogen-bond donors (Lipinski definition) is 0. The summed E-state index contributed by atoms with van der Waals surface area (Å²) in [4.78, 5) is 0. The Morgan fingerprint density at radius 1 is 0.636 bits per heavy atom. The van der Waals surface area contributed by atoms with Gasteiger partial charge in [-0.25, -0.2) is 0 Å². The maximum atomic E-state index is 2.58. The van der Waals surface area contributed by atoms with E-state index in [1.165, 1.54) is 0 Å². The third-order valence-electron chi connectivity index (χ3n) is 2.45. The Bertz CT molecular complexity index is 159. The van der Waals surface area contributed by atoms with Crippen molar-refractivity contribution in [1.29, 1.82) is 0 Å². The van der Waals surface area contributed by atoms with Crippen molar-refractivity contribution in [1.82, 2.24) is 0 Å². The lowest BCUT2D eigenvalue weighted by Crippen LogP contribution is -2.45. The van der Waals surface area contributed by atoms with Gasteiger partial charge >= 0.3 is 0 Å². The fourth-order valence-corrected chi connectivity index (χ4v) is 93.9. The molecule has 5 heteroatoms. The normalized spacial score (nSPS) is 32.2. The summed E-state index contributed by atoms with van der Waals surface area (Å²) in [5.74, 6) is 0. The molecule has 0 atom stereocenters. The quantitative estimate of drug-likeness (QED) is 0.591. The predicted molar refractivity (Wildman–Crippen MR) is 67.6 cm³/mol. The fourth-order valence-electron chi connectivity index (χ4n) is 1.50. The molecule has 1 aliphatic heterocycles. The molecule has 0 radical (unpaired) electrons. The highest BCUT2D eigenvalue weighted by atomic mass is 32.8. The van der Waals surface area contributed by atoms with Crippen LogP contribution in [0.2, 0.25) is 39.3 Å². The first-order chi connectivity index (χ1) is 4.66. The van der Waals surface area contributed by atoms with Gasteiger partial charge in [-0.2, -0.15) is 21.3 Å². The largest absolute Gasteiger partial charge is 0.197 e. The summed E-state index contributed by atoms with van der Waals surface area (Å²) in [5.41, 5.74) is 0. The SMILES string of the molecule is C[Si]1(C)S[Si](C)(C)[Si](C)(C)S1. The predicted octanol–water partition coefficient (Wildman–Crippen LogP) is 3.66. The van der Waals surface area contributed by atoms with Crippen LogP contribution >= 0.6 is 21.3 Å². The van der Waals surface area contributed by atoms with Crippen molar-refractivity contribution in [3.63, 3.8) is 0 Å². The summed E-state index contributed by atoms with van der Waals surface area (Å²) in [6, 6.07) is 0. The molecule has 0 unspecified atom stereocenters. The van der Waals surface area contributed by atoms with E-state index in [9.17, 15) is 0 Å². The van der Waals surface area contributed by atoms with Crippen molar-refractivity contribution in [2.24, 2.45) is 0 Å². The minimum atomic E-state index is -0.854. The van der Waals surface area contributed by atoms with Crippen LogP contribution in [-0.4, -0.2) is 19.9 Å². The summed E-state index contributed by atoms with van der Waals surface area (Å²) in [6.07, 6.45) is -0.854. The molecule has 1 heterocycles. The monoisotopic (exact) mass is 238 g/mol. The minimum absolute atomic E-state index is 0.823. The summed E-state index contributed by atoms with van der Waals surface area (Å²) >= 11 is 0. The van der Waals surface area contributed by atoms with Crippen molar-refractivity contribution in [3.05, 3.63) is 0 Å². The Morgan fingerprint density at radius 3 is 1.00 bits per heavy atom. The maximum absolute atomic E-state index is 2.58. The van der Waals surface area contributed by atoms with Gasteiger partial charge in [-0.05, 0) is 0 Å². The topological polar surface area (TPSA) is 0 Å². The van der Waals surface area contributed by atoms with E-state index >= 15 is 0 Å². The van der Waals surface area contributed by atoms with E-state index in [0.29, 0.717) is 0 Å². The third-order valence-corrected chi connectivity index (χ3v) is 60.5. The first-order valence-electron chi connectivity index (χ1n) is 4.07. The zero-order valence-electron chi connectivity index (χ0n) is 8.32. The van der Waals surface area contributed by atoms with Gasteiger partial charge in [0.25, 0.3) is 0 Å². The van der Waals surface area contributed by atoms with Crippen molar-refractivity contribution in [2.45, 2.75) is 39.3 Å². The van der Waals surface area contributed by atoms with Crippen LogP contribution in [0.5, 0.6) is 0 Å². The second-order valence-corrected chi connectivity index (χ2v) is 41.5. The molecule has 0 saturated carbocycles. The van der Waals surface area contributed by atoms with Crippen LogP contribution in [-0.2, 0) is 0 Å². The molecule has 0 aromatic carbocycles. The molecule has 1 fully saturated rings. The average molecular weight is 239 g/mol. The standard InChI is InChI=1S/C6H18S2Si3/c1-9(2)7-10(3,4)11(5,6)8-9/h1-6H3. The molecule has 0 amide bonds. The van der Waals surface area contributed by atoms with Gasteiger partial charge in [-0.3, -0.25) is 0 Å². The number of hydrogen-bond acceptors (Lipinski definition) is 2. The van der Waals surface area contributed by atoms with Crippen LogP contribution in [0.3, 0.4) is 0 Å². The summed E-state index contributed by atoms with van der Waals surface area (Å²) in [5, 5.41) is 0. The zero-order valence-corrected chi connectivity index (χ0v) is 12.9. The van der Waals surface area contributed by atoms with E-state index in [4.69, 9.17) is 0 Å². The Morgan fingerprint density at radius 2 is 0.909 bits per heavy atom. The van der Waals surface area contributed by atoms with Gasteiger partial charge in [0.2, 0.25) is 0 Å². The Kier molecular flexibility index (Phi) is 2.53. The van der Waals surface area contributed by atoms with E-state index in [1.807, 2.05) is 0 Å². The van der Waals surface area contributed by atoms with Gasteiger partial charge in [0, 0.05) is 0 Å². The molecule has 0 N–H and O–H groups in total. The van der Waals surface area contributed by atoms with Crippen molar-refractivity contribution in [3.8, 4) is 0 Å². The van der Waals surface area contributed by atoms with Gasteiger partial charge in [0.15, 0.2) is 6.37 Å². The molecule has 66 valence electrons. The van der Waals surface area contributed by atoms with Crippen LogP contribution in [0.15, 0.2) is 0 Å². The number of rotatable bonds is 0. The molecule has 0 aromatic heterocycles. The highest BCUT2D eigenvalue weighted by Crippen LogP contribution is 2.55. The minimum Gasteiger partial charge on any atom is -0.197 e. The molecule has 0 aromatic rings.